The van der Waals surface area contributed by atoms with Crippen molar-refractivity contribution in [1.82, 2.24) is 4.98 Å². The summed E-state index contributed by atoms with van der Waals surface area (Å²) in [6.45, 7) is 1.62. The van der Waals surface area contributed by atoms with Gasteiger partial charge in [-0.05, 0) is 30.9 Å². The van der Waals surface area contributed by atoms with Gasteiger partial charge in [0.05, 0.1) is 0 Å². The van der Waals surface area contributed by atoms with Crippen LogP contribution in [0.3, 0.4) is 0 Å². The number of anilines is 1. The smallest absolute Gasteiger partial charge is 0.339 e. The molecule has 1 atom stereocenters. The van der Waals surface area contributed by atoms with Crippen LogP contribution in [0.1, 0.15) is 23.2 Å². The van der Waals surface area contributed by atoms with E-state index in [1.165, 1.54) is 0 Å². The van der Waals surface area contributed by atoms with E-state index in [0.29, 0.717) is 12.4 Å². The Kier molecular flexibility index (Phi) is 3.58. The van der Waals surface area contributed by atoms with Crippen molar-refractivity contribution in [3.63, 3.8) is 0 Å². The number of aromatic carboxylic acids is 1. The molecular weight excluding hydrogens is 220 g/mol. The fourth-order valence-corrected chi connectivity index (χ4v) is 2.22. The molecule has 1 aromatic heterocycles. The van der Waals surface area contributed by atoms with Crippen molar-refractivity contribution in [3.8, 4) is 0 Å². The van der Waals surface area contributed by atoms with Crippen molar-refractivity contribution in [2.75, 3.05) is 24.6 Å². The predicted molar refractivity (Wildman–Crippen MR) is 63.2 cm³/mol. The number of aromatic nitrogens is 1. The summed E-state index contributed by atoms with van der Waals surface area (Å²) in [5.41, 5.74) is 0.228. The summed E-state index contributed by atoms with van der Waals surface area (Å²) in [6, 6.07) is 3.19. The van der Waals surface area contributed by atoms with Crippen LogP contribution in [0, 0.1) is 5.92 Å². The first-order chi connectivity index (χ1) is 8.22. The number of piperidine rings is 1. The van der Waals surface area contributed by atoms with Gasteiger partial charge in [0, 0.05) is 25.9 Å². The van der Waals surface area contributed by atoms with Crippen molar-refractivity contribution in [3.05, 3.63) is 23.9 Å². The Balaban J connectivity index is 2.24. The third-order valence-corrected chi connectivity index (χ3v) is 3.09. The van der Waals surface area contributed by atoms with Gasteiger partial charge in [-0.2, -0.15) is 0 Å². The Bertz CT molecular complexity index is 408. The Morgan fingerprint density at radius 3 is 3.12 bits per heavy atom. The second kappa shape index (κ2) is 5.14. The first-order valence-electron chi connectivity index (χ1n) is 5.76. The summed E-state index contributed by atoms with van der Waals surface area (Å²) in [4.78, 5) is 17.2. The number of aliphatic hydroxyl groups is 1. The molecule has 5 nitrogen and oxygen atoms in total. The first-order valence-corrected chi connectivity index (χ1v) is 5.76. The number of carboxylic acids is 1. The van der Waals surface area contributed by atoms with E-state index >= 15 is 0 Å². The maximum Gasteiger partial charge on any atom is 0.339 e. The van der Waals surface area contributed by atoms with Crippen molar-refractivity contribution < 1.29 is 15.0 Å². The molecular formula is C12H16N2O3. The van der Waals surface area contributed by atoms with Crippen LogP contribution < -0.4 is 4.90 Å². The third kappa shape index (κ3) is 2.55. The topological polar surface area (TPSA) is 73.7 Å². The molecule has 1 aliphatic rings. The van der Waals surface area contributed by atoms with Crippen LogP contribution in [-0.2, 0) is 0 Å². The van der Waals surface area contributed by atoms with Gasteiger partial charge < -0.3 is 15.1 Å². The molecule has 2 rings (SSSR count). The van der Waals surface area contributed by atoms with Crippen molar-refractivity contribution in [2.24, 2.45) is 5.92 Å². The average molecular weight is 236 g/mol. The number of nitrogens with zero attached hydrogens (tertiary/aromatic N) is 2. The zero-order valence-corrected chi connectivity index (χ0v) is 9.54. The molecule has 0 aromatic carbocycles. The lowest BCUT2D eigenvalue weighted by molar-refractivity contribution is 0.0697. The van der Waals surface area contributed by atoms with E-state index in [0.717, 1.165) is 19.4 Å². The minimum atomic E-state index is -0.959. The van der Waals surface area contributed by atoms with E-state index < -0.39 is 5.97 Å². The van der Waals surface area contributed by atoms with Gasteiger partial charge in [-0.25, -0.2) is 9.78 Å². The molecule has 2 heterocycles. The monoisotopic (exact) mass is 236 g/mol. The summed E-state index contributed by atoms with van der Waals surface area (Å²) in [7, 11) is 0. The minimum absolute atomic E-state index is 0.145. The van der Waals surface area contributed by atoms with Crippen LogP contribution in [0.2, 0.25) is 0 Å². The molecule has 17 heavy (non-hydrogen) atoms. The standard InChI is InChI=1S/C12H16N2O3/c15-8-9-3-2-6-14(7-9)11-10(12(16)17)4-1-5-13-11/h1,4-5,9,15H,2-3,6-8H2,(H,16,17)/t9-/m0/s1. The van der Waals surface area contributed by atoms with Crippen LogP contribution >= 0.6 is 0 Å². The summed E-state index contributed by atoms with van der Waals surface area (Å²) in [5.74, 6) is -0.232. The molecule has 0 bridgehead atoms. The SMILES string of the molecule is O=C(O)c1cccnc1N1CCC[C@H](CO)C1. The van der Waals surface area contributed by atoms with E-state index in [1.54, 1.807) is 18.3 Å². The molecule has 5 heteroatoms. The van der Waals surface area contributed by atoms with Gasteiger partial charge in [0.15, 0.2) is 0 Å². The fraction of sp³-hybridized carbons (Fsp3) is 0.500. The average Bonchev–Trinajstić information content (AvgIpc) is 2.39. The highest BCUT2D eigenvalue weighted by Gasteiger charge is 2.23. The van der Waals surface area contributed by atoms with Crippen LogP contribution in [0.5, 0.6) is 0 Å². The normalized spacial score (nSPS) is 20.3. The Morgan fingerprint density at radius 2 is 2.41 bits per heavy atom. The second-order valence-corrected chi connectivity index (χ2v) is 4.32. The second-order valence-electron chi connectivity index (χ2n) is 4.32. The van der Waals surface area contributed by atoms with E-state index in [-0.39, 0.29) is 18.1 Å². The van der Waals surface area contributed by atoms with Crippen LogP contribution in [0.15, 0.2) is 18.3 Å². The zero-order valence-electron chi connectivity index (χ0n) is 9.54. The number of hydrogen-bond acceptors (Lipinski definition) is 4. The van der Waals surface area contributed by atoms with Gasteiger partial charge in [-0.15, -0.1) is 0 Å². The van der Waals surface area contributed by atoms with Crippen LogP contribution in [0.4, 0.5) is 5.82 Å². The lowest BCUT2D eigenvalue weighted by Crippen LogP contribution is -2.38. The molecule has 0 spiro atoms. The van der Waals surface area contributed by atoms with Crippen LogP contribution in [0.25, 0.3) is 0 Å². The third-order valence-electron chi connectivity index (χ3n) is 3.09. The summed E-state index contributed by atoms with van der Waals surface area (Å²) >= 11 is 0. The predicted octanol–water partition coefficient (Wildman–Crippen LogP) is 0.988. The fourth-order valence-electron chi connectivity index (χ4n) is 2.22. The molecule has 1 aliphatic heterocycles. The molecule has 0 unspecified atom stereocenters. The van der Waals surface area contributed by atoms with Gasteiger partial charge in [0.2, 0.25) is 0 Å². The molecule has 92 valence electrons. The van der Waals surface area contributed by atoms with Gasteiger partial charge in [0.1, 0.15) is 11.4 Å². The lowest BCUT2D eigenvalue weighted by Gasteiger charge is -2.33. The Morgan fingerprint density at radius 1 is 1.59 bits per heavy atom. The molecule has 2 N–H and O–H groups in total. The quantitative estimate of drug-likeness (QED) is 0.818. The van der Waals surface area contributed by atoms with Crippen LogP contribution in [-0.4, -0.2) is 40.9 Å². The summed E-state index contributed by atoms with van der Waals surface area (Å²) in [6.07, 6.45) is 3.55. The molecule has 0 radical (unpaired) electrons. The number of carbonyl (C=O) groups is 1. The van der Waals surface area contributed by atoms with Crippen molar-refractivity contribution >= 4 is 11.8 Å². The van der Waals surface area contributed by atoms with Crippen molar-refractivity contribution in [2.45, 2.75) is 12.8 Å². The minimum Gasteiger partial charge on any atom is -0.478 e. The number of rotatable bonds is 3. The number of hydrogen-bond donors (Lipinski definition) is 2. The molecule has 0 aliphatic carbocycles. The Hall–Kier alpha value is -1.62. The zero-order chi connectivity index (χ0) is 12.3. The number of carboxylic acid groups (broad SMARTS) is 1. The highest BCUT2D eigenvalue weighted by molar-refractivity contribution is 5.93. The molecule has 1 fully saturated rings. The molecule has 1 aromatic rings. The molecule has 0 amide bonds. The molecule has 1 saturated heterocycles. The Labute approximate surface area is 99.7 Å². The first kappa shape index (κ1) is 11.9. The van der Waals surface area contributed by atoms with Gasteiger partial charge in [0.25, 0.3) is 0 Å². The number of pyridine rings is 1. The van der Waals surface area contributed by atoms with E-state index in [4.69, 9.17) is 5.11 Å². The van der Waals surface area contributed by atoms with Gasteiger partial charge >= 0.3 is 5.97 Å². The van der Waals surface area contributed by atoms with E-state index in [2.05, 4.69) is 4.98 Å². The van der Waals surface area contributed by atoms with Gasteiger partial charge in [-0.1, -0.05) is 0 Å². The van der Waals surface area contributed by atoms with E-state index in [1.807, 2.05) is 4.90 Å². The largest absolute Gasteiger partial charge is 0.478 e. The highest BCUT2D eigenvalue weighted by atomic mass is 16.4. The summed E-state index contributed by atoms with van der Waals surface area (Å²) in [5, 5.41) is 18.3. The van der Waals surface area contributed by atoms with Crippen molar-refractivity contribution in [1.29, 1.82) is 0 Å². The van der Waals surface area contributed by atoms with E-state index in [9.17, 15) is 9.90 Å². The maximum atomic E-state index is 11.1. The highest BCUT2D eigenvalue weighted by Crippen LogP contribution is 2.24. The van der Waals surface area contributed by atoms with Gasteiger partial charge in [-0.3, -0.25) is 0 Å². The lowest BCUT2D eigenvalue weighted by atomic mass is 9.98. The summed E-state index contributed by atoms with van der Waals surface area (Å²) < 4.78 is 0. The number of aliphatic hydroxyl groups excluding tert-OH is 1. The maximum absolute atomic E-state index is 11.1. The molecule has 0 saturated carbocycles.